The highest BCUT2D eigenvalue weighted by atomic mass is 16.7. The maximum Gasteiger partial charge on any atom is 0.171 e. The van der Waals surface area contributed by atoms with E-state index in [1.807, 2.05) is 27.7 Å². The average Bonchev–Trinajstić information content (AvgIpc) is 3.12. The van der Waals surface area contributed by atoms with Crippen LogP contribution in [0.2, 0.25) is 0 Å². The first kappa shape index (κ1) is 14.8. The van der Waals surface area contributed by atoms with E-state index in [2.05, 4.69) is 0 Å². The van der Waals surface area contributed by atoms with Gasteiger partial charge in [0.1, 0.15) is 11.9 Å². The van der Waals surface area contributed by atoms with Gasteiger partial charge in [-0.1, -0.05) is 6.92 Å². The lowest BCUT2D eigenvalue weighted by Gasteiger charge is -2.37. The Bertz CT molecular complexity index is 563. The number of methoxy groups -OCH3 is 1. The fourth-order valence-electron chi connectivity index (χ4n) is 5.14. The molecule has 4 fully saturated rings. The van der Waals surface area contributed by atoms with Crippen molar-refractivity contribution in [1.82, 2.24) is 0 Å². The lowest BCUT2D eigenvalue weighted by molar-refractivity contribution is -0.239. The van der Waals surface area contributed by atoms with Crippen molar-refractivity contribution in [1.29, 1.82) is 0 Å². The van der Waals surface area contributed by atoms with Gasteiger partial charge < -0.3 is 14.2 Å². The number of carbonyl (C=O) groups excluding carboxylic acids is 2. The minimum Gasteiger partial charge on any atom is -0.362 e. The third kappa shape index (κ3) is 1.46. The Morgan fingerprint density at radius 3 is 2.45 bits per heavy atom. The van der Waals surface area contributed by atoms with Gasteiger partial charge in [-0.3, -0.25) is 9.59 Å². The molecule has 2 saturated carbocycles. The maximum absolute atomic E-state index is 12.9. The van der Waals surface area contributed by atoms with Crippen LogP contribution in [-0.2, 0) is 23.8 Å². The van der Waals surface area contributed by atoms with Crippen molar-refractivity contribution >= 4 is 11.6 Å². The Morgan fingerprint density at radius 1 is 1.27 bits per heavy atom. The molecule has 2 aliphatic heterocycles. The predicted molar refractivity (Wildman–Crippen MR) is 77.1 cm³/mol. The highest BCUT2D eigenvalue weighted by Crippen LogP contribution is 2.72. The molecule has 4 rings (SSSR count). The number of ether oxygens (including phenoxy) is 3. The summed E-state index contributed by atoms with van der Waals surface area (Å²) < 4.78 is 17.6. The number of carbonyl (C=O) groups is 2. The van der Waals surface area contributed by atoms with Gasteiger partial charge in [0.2, 0.25) is 0 Å². The molecular weight excluding hydrogens is 284 g/mol. The molecule has 122 valence electrons. The Hall–Kier alpha value is -0.780. The fraction of sp³-hybridized carbons (Fsp3) is 0.882. The number of ketones is 2. The van der Waals surface area contributed by atoms with Crippen LogP contribution in [0.1, 0.15) is 40.5 Å². The van der Waals surface area contributed by atoms with Gasteiger partial charge in [-0.05, 0) is 33.6 Å². The van der Waals surface area contributed by atoms with Crippen molar-refractivity contribution in [3.05, 3.63) is 0 Å². The summed E-state index contributed by atoms with van der Waals surface area (Å²) in [6.07, 6.45) is 0.917. The lowest BCUT2D eigenvalue weighted by atomic mass is 9.65. The van der Waals surface area contributed by atoms with Crippen molar-refractivity contribution in [2.75, 3.05) is 7.11 Å². The molecule has 6 atom stereocenters. The smallest absolute Gasteiger partial charge is 0.171 e. The Morgan fingerprint density at radius 2 is 1.91 bits per heavy atom. The van der Waals surface area contributed by atoms with Crippen molar-refractivity contribution in [3.63, 3.8) is 0 Å². The zero-order valence-electron chi connectivity index (χ0n) is 13.8. The number of hydrogen-bond acceptors (Lipinski definition) is 5. The van der Waals surface area contributed by atoms with Crippen LogP contribution in [0.25, 0.3) is 0 Å². The van der Waals surface area contributed by atoms with E-state index in [1.165, 1.54) is 0 Å². The first-order valence-corrected chi connectivity index (χ1v) is 8.17. The topological polar surface area (TPSA) is 61.8 Å². The number of fused-ring (bicyclic) bond motifs is 6. The van der Waals surface area contributed by atoms with Gasteiger partial charge >= 0.3 is 0 Å². The molecule has 2 bridgehead atoms. The second kappa shape index (κ2) is 4.00. The molecule has 0 N–H and O–H groups in total. The standard InChI is InChI=1S/C17H24O5/c1-8-11(18)10-9(12(8)21-15(2,3)20-5)13-14(19)17(6-7-17)16(10,4)22-13/h8-10,12-13H,6-7H2,1-5H3/t8?,9?,10?,12?,13-,16+/m1/s1. The van der Waals surface area contributed by atoms with Gasteiger partial charge in [0, 0.05) is 18.9 Å². The van der Waals surface area contributed by atoms with Crippen molar-refractivity contribution in [2.24, 2.45) is 23.2 Å². The summed E-state index contributed by atoms with van der Waals surface area (Å²) >= 11 is 0. The SMILES string of the molecule is COC(C)(C)OC1C(C)C(=O)C2C1[C@H]1O[C@]2(C)C2(CC2)C1=O. The molecule has 1 spiro atoms. The number of rotatable bonds is 3. The first-order chi connectivity index (χ1) is 10.2. The van der Waals surface area contributed by atoms with Gasteiger partial charge in [0.15, 0.2) is 11.6 Å². The van der Waals surface area contributed by atoms with Crippen LogP contribution in [0, 0.1) is 23.2 Å². The molecular formula is C17H24O5. The molecule has 0 aromatic rings. The average molecular weight is 308 g/mol. The molecule has 5 heteroatoms. The van der Waals surface area contributed by atoms with Crippen LogP contribution in [-0.4, -0.2) is 42.3 Å². The molecule has 4 aliphatic rings. The second-order valence-corrected chi connectivity index (χ2v) is 8.02. The zero-order valence-corrected chi connectivity index (χ0v) is 13.8. The molecule has 0 aromatic heterocycles. The van der Waals surface area contributed by atoms with Gasteiger partial charge in [0.25, 0.3) is 0 Å². The van der Waals surface area contributed by atoms with Crippen molar-refractivity contribution in [3.8, 4) is 0 Å². The molecule has 2 heterocycles. The van der Waals surface area contributed by atoms with E-state index in [1.54, 1.807) is 7.11 Å². The Labute approximate surface area is 130 Å². The number of hydrogen-bond donors (Lipinski definition) is 0. The van der Waals surface area contributed by atoms with E-state index in [0.29, 0.717) is 0 Å². The highest BCUT2D eigenvalue weighted by molar-refractivity contribution is 6.01. The quantitative estimate of drug-likeness (QED) is 0.743. The molecule has 2 saturated heterocycles. The summed E-state index contributed by atoms with van der Waals surface area (Å²) in [7, 11) is 1.59. The van der Waals surface area contributed by atoms with Crippen LogP contribution < -0.4 is 0 Å². The normalized spacial score (nSPS) is 48.3. The largest absolute Gasteiger partial charge is 0.362 e. The van der Waals surface area contributed by atoms with E-state index in [0.717, 1.165) is 12.8 Å². The number of Topliss-reactive ketones (excluding diaryl/α,β-unsaturated/α-hetero) is 2. The Balaban J connectivity index is 1.72. The van der Waals surface area contributed by atoms with E-state index in [4.69, 9.17) is 14.2 Å². The van der Waals surface area contributed by atoms with Gasteiger partial charge in [-0.25, -0.2) is 0 Å². The Kier molecular flexibility index (Phi) is 2.69. The van der Waals surface area contributed by atoms with Gasteiger partial charge in [-0.2, -0.15) is 0 Å². The predicted octanol–water partition coefficient (Wildman–Crippen LogP) is 1.73. The van der Waals surface area contributed by atoms with Crippen LogP contribution >= 0.6 is 0 Å². The fourth-order valence-corrected chi connectivity index (χ4v) is 5.14. The van der Waals surface area contributed by atoms with Crippen LogP contribution in [0.3, 0.4) is 0 Å². The lowest BCUT2D eigenvalue weighted by Crippen LogP contribution is -2.51. The summed E-state index contributed by atoms with van der Waals surface area (Å²) in [5, 5.41) is 0. The molecule has 22 heavy (non-hydrogen) atoms. The van der Waals surface area contributed by atoms with E-state index in [-0.39, 0.29) is 40.8 Å². The third-order valence-corrected chi connectivity index (χ3v) is 6.67. The zero-order chi connectivity index (χ0) is 16.1. The molecule has 0 amide bonds. The monoisotopic (exact) mass is 308 g/mol. The molecule has 4 unspecified atom stereocenters. The summed E-state index contributed by atoms with van der Waals surface area (Å²) in [5.74, 6) is -1.01. The summed E-state index contributed by atoms with van der Waals surface area (Å²) in [6.45, 7) is 7.54. The van der Waals surface area contributed by atoms with Gasteiger partial charge in [0.05, 0.1) is 23.0 Å². The third-order valence-electron chi connectivity index (χ3n) is 6.67. The minimum absolute atomic E-state index is 0.166. The van der Waals surface area contributed by atoms with Gasteiger partial charge in [-0.15, -0.1) is 0 Å². The molecule has 0 aromatic carbocycles. The highest BCUT2D eigenvalue weighted by Gasteiger charge is 2.82. The molecule has 0 radical (unpaired) electrons. The van der Waals surface area contributed by atoms with E-state index in [9.17, 15) is 9.59 Å². The van der Waals surface area contributed by atoms with Crippen LogP contribution in [0.15, 0.2) is 0 Å². The first-order valence-electron chi connectivity index (χ1n) is 8.17. The van der Waals surface area contributed by atoms with E-state index < -0.39 is 17.5 Å². The van der Waals surface area contributed by atoms with Crippen LogP contribution in [0.4, 0.5) is 0 Å². The minimum atomic E-state index is -0.781. The van der Waals surface area contributed by atoms with Crippen molar-refractivity contribution < 1.29 is 23.8 Å². The summed E-state index contributed by atoms with van der Waals surface area (Å²) in [6, 6.07) is 0. The molecule has 2 aliphatic carbocycles. The summed E-state index contributed by atoms with van der Waals surface area (Å²) in [5.41, 5.74) is -1.01. The van der Waals surface area contributed by atoms with Crippen LogP contribution in [0.5, 0.6) is 0 Å². The second-order valence-electron chi connectivity index (χ2n) is 8.02. The summed E-state index contributed by atoms with van der Waals surface area (Å²) in [4.78, 5) is 25.6. The van der Waals surface area contributed by atoms with E-state index >= 15 is 0 Å². The molecule has 5 nitrogen and oxygen atoms in total. The van der Waals surface area contributed by atoms with Crippen molar-refractivity contribution in [2.45, 2.75) is 64.1 Å². The maximum atomic E-state index is 12.9.